The van der Waals surface area contributed by atoms with Gasteiger partial charge < -0.3 is 14.2 Å². The Bertz CT molecular complexity index is 1530. The van der Waals surface area contributed by atoms with Gasteiger partial charge in [-0.3, -0.25) is 14.4 Å². The fraction of sp³-hybridized carbons (Fsp3) is 0.773. The van der Waals surface area contributed by atoms with Gasteiger partial charge in [-0.1, -0.05) is 324 Å². The molecule has 468 valence electrons. The van der Waals surface area contributed by atoms with Crippen LogP contribution >= 0.6 is 0 Å². The lowest BCUT2D eigenvalue weighted by Crippen LogP contribution is -2.30. The molecule has 0 saturated carbocycles. The Morgan fingerprint density at radius 2 is 0.481 bits per heavy atom. The lowest BCUT2D eigenvalue weighted by atomic mass is 10.0. The van der Waals surface area contributed by atoms with Crippen LogP contribution < -0.4 is 0 Å². The third-order valence-electron chi connectivity index (χ3n) is 15.4. The Morgan fingerprint density at radius 3 is 0.753 bits per heavy atom. The topological polar surface area (TPSA) is 78.9 Å². The summed E-state index contributed by atoms with van der Waals surface area (Å²) in [7, 11) is 0. The molecule has 0 bridgehead atoms. The number of esters is 3. The van der Waals surface area contributed by atoms with E-state index in [1.165, 1.54) is 218 Å². The standard InChI is InChI=1S/C75H132O6/c1-4-7-10-13-16-19-22-25-28-30-32-34-36-37-39-40-42-44-47-50-53-56-59-62-65-68-74(77)80-71-72(70-79-73(76)67-64-61-58-55-52-49-46-27-24-21-18-15-12-9-6-3)81-75(78)69-66-63-60-57-54-51-48-45-43-41-38-35-33-31-29-26-23-20-17-14-11-8-5-2/h8,11,17,20,22,25-26,29-30,32-33,35-37,72H,4-7,9-10,12-16,18-19,21,23-24,27-28,31,34,38-71H2,1-3H3/b11-8-,20-17-,25-22-,29-26-,32-30-,35-33-,37-36-. The van der Waals surface area contributed by atoms with Gasteiger partial charge in [0, 0.05) is 19.3 Å². The Labute approximate surface area is 503 Å². The molecule has 1 unspecified atom stereocenters. The van der Waals surface area contributed by atoms with Crippen LogP contribution in [0.4, 0.5) is 0 Å². The van der Waals surface area contributed by atoms with Crippen LogP contribution in [0.15, 0.2) is 85.1 Å². The fourth-order valence-electron chi connectivity index (χ4n) is 10.2. The Morgan fingerprint density at radius 1 is 0.259 bits per heavy atom. The van der Waals surface area contributed by atoms with Gasteiger partial charge in [0.15, 0.2) is 6.10 Å². The molecule has 0 spiro atoms. The smallest absolute Gasteiger partial charge is 0.306 e. The van der Waals surface area contributed by atoms with E-state index >= 15 is 0 Å². The molecule has 0 aromatic carbocycles. The molecule has 6 heteroatoms. The molecule has 0 aromatic rings. The highest BCUT2D eigenvalue weighted by molar-refractivity contribution is 5.71. The summed E-state index contributed by atoms with van der Waals surface area (Å²) in [6.07, 6.45) is 91.7. The van der Waals surface area contributed by atoms with E-state index in [0.717, 1.165) is 96.3 Å². The summed E-state index contributed by atoms with van der Waals surface area (Å²) in [6, 6.07) is 0. The average Bonchev–Trinajstić information content (AvgIpc) is 3.47. The van der Waals surface area contributed by atoms with Gasteiger partial charge >= 0.3 is 17.9 Å². The van der Waals surface area contributed by atoms with Crippen molar-refractivity contribution in [1.82, 2.24) is 0 Å². The molecule has 0 radical (unpaired) electrons. The van der Waals surface area contributed by atoms with Crippen molar-refractivity contribution in [3.05, 3.63) is 85.1 Å². The SMILES string of the molecule is CC/C=C\C/C=C\C/C=C\C/C=C\CCCCCCCCCCCCC(=O)OC(COC(=O)CCCCCCCCCCCC/C=C\C/C=C\C/C=C\CCCCCCC)COC(=O)CCCCCCCCCCCCCCCCC. The van der Waals surface area contributed by atoms with E-state index in [4.69, 9.17) is 14.2 Å². The van der Waals surface area contributed by atoms with Gasteiger partial charge in [-0.25, -0.2) is 0 Å². The third-order valence-corrected chi connectivity index (χ3v) is 15.4. The minimum atomic E-state index is -0.781. The van der Waals surface area contributed by atoms with E-state index < -0.39 is 6.10 Å². The van der Waals surface area contributed by atoms with E-state index in [9.17, 15) is 14.4 Å². The van der Waals surface area contributed by atoms with Gasteiger partial charge in [-0.05, 0) is 96.3 Å². The zero-order valence-electron chi connectivity index (χ0n) is 53.8. The second kappa shape index (κ2) is 69.1. The summed E-state index contributed by atoms with van der Waals surface area (Å²) in [4.78, 5) is 38.5. The van der Waals surface area contributed by atoms with Gasteiger partial charge in [-0.2, -0.15) is 0 Å². The molecule has 0 heterocycles. The van der Waals surface area contributed by atoms with Crippen molar-refractivity contribution in [2.75, 3.05) is 13.2 Å². The second-order valence-corrected chi connectivity index (χ2v) is 23.4. The third kappa shape index (κ3) is 67.3. The van der Waals surface area contributed by atoms with Crippen molar-refractivity contribution < 1.29 is 28.6 Å². The monoisotopic (exact) mass is 1130 g/mol. The van der Waals surface area contributed by atoms with E-state index in [1.807, 2.05) is 0 Å². The number of unbranched alkanes of at least 4 members (excludes halogenated alkanes) is 39. The summed E-state index contributed by atoms with van der Waals surface area (Å²) >= 11 is 0. The normalized spacial score (nSPS) is 12.6. The summed E-state index contributed by atoms with van der Waals surface area (Å²) in [5, 5.41) is 0. The van der Waals surface area contributed by atoms with E-state index in [0.29, 0.717) is 19.3 Å². The zero-order chi connectivity index (χ0) is 58.5. The summed E-state index contributed by atoms with van der Waals surface area (Å²) < 4.78 is 17.0. The highest BCUT2D eigenvalue weighted by Crippen LogP contribution is 2.17. The molecular weight excluding hydrogens is 997 g/mol. The molecule has 0 aromatic heterocycles. The van der Waals surface area contributed by atoms with Crippen molar-refractivity contribution in [3.8, 4) is 0 Å². The first kappa shape index (κ1) is 77.6. The summed E-state index contributed by atoms with van der Waals surface area (Å²) in [5.41, 5.74) is 0. The second-order valence-electron chi connectivity index (χ2n) is 23.4. The van der Waals surface area contributed by atoms with E-state index in [-0.39, 0.29) is 31.1 Å². The summed E-state index contributed by atoms with van der Waals surface area (Å²) in [6.45, 7) is 6.56. The Kier molecular flexibility index (Phi) is 66.2. The number of ether oxygens (including phenoxy) is 3. The maximum Gasteiger partial charge on any atom is 0.306 e. The van der Waals surface area contributed by atoms with Crippen LogP contribution in [-0.4, -0.2) is 37.2 Å². The maximum atomic E-state index is 13.0. The number of carbonyl (C=O) groups excluding carboxylic acids is 3. The zero-order valence-corrected chi connectivity index (χ0v) is 53.8. The molecule has 0 amide bonds. The predicted molar refractivity (Wildman–Crippen MR) is 353 cm³/mol. The number of rotatable bonds is 64. The fourth-order valence-corrected chi connectivity index (χ4v) is 10.2. The number of carbonyl (C=O) groups is 3. The number of hydrogen-bond acceptors (Lipinski definition) is 6. The molecule has 1 atom stereocenters. The van der Waals surface area contributed by atoms with Crippen molar-refractivity contribution >= 4 is 17.9 Å². The first-order chi connectivity index (χ1) is 40.0. The van der Waals surface area contributed by atoms with Crippen LogP contribution in [0.2, 0.25) is 0 Å². The molecule has 6 nitrogen and oxygen atoms in total. The van der Waals surface area contributed by atoms with Crippen LogP contribution in [0, 0.1) is 0 Å². The van der Waals surface area contributed by atoms with Crippen molar-refractivity contribution in [3.63, 3.8) is 0 Å². The van der Waals surface area contributed by atoms with Crippen LogP contribution in [-0.2, 0) is 28.6 Å². The molecule has 81 heavy (non-hydrogen) atoms. The van der Waals surface area contributed by atoms with E-state index in [2.05, 4.69) is 106 Å². The average molecular weight is 1130 g/mol. The van der Waals surface area contributed by atoms with Crippen LogP contribution in [0.5, 0.6) is 0 Å². The Hall–Kier alpha value is -3.41. The van der Waals surface area contributed by atoms with Crippen molar-refractivity contribution in [2.45, 2.75) is 361 Å². The lowest BCUT2D eigenvalue weighted by molar-refractivity contribution is -0.167. The van der Waals surface area contributed by atoms with Crippen molar-refractivity contribution in [2.24, 2.45) is 0 Å². The predicted octanol–water partition coefficient (Wildman–Crippen LogP) is 24.2. The minimum Gasteiger partial charge on any atom is -0.462 e. The summed E-state index contributed by atoms with van der Waals surface area (Å²) in [5.74, 6) is -0.864. The largest absolute Gasteiger partial charge is 0.462 e. The first-order valence-electron chi connectivity index (χ1n) is 35.1. The molecule has 0 fully saturated rings. The van der Waals surface area contributed by atoms with Gasteiger partial charge in [-0.15, -0.1) is 0 Å². The highest BCUT2D eigenvalue weighted by Gasteiger charge is 2.19. The van der Waals surface area contributed by atoms with Crippen LogP contribution in [0.3, 0.4) is 0 Å². The molecule has 0 rings (SSSR count). The maximum absolute atomic E-state index is 13.0. The molecule has 0 aliphatic rings. The molecule has 0 aliphatic carbocycles. The first-order valence-corrected chi connectivity index (χ1v) is 35.1. The van der Waals surface area contributed by atoms with Gasteiger partial charge in [0.1, 0.15) is 13.2 Å². The number of hydrogen-bond donors (Lipinski definition) is 0. The highest BCUT2D eigenvalue weighted by atomic mass is 16.6. The van der Waals surface area contributed by atoms with E-state index in [1.54, 1.807) is 0 Å². The van der Waals surface area contributed by atoms with Crippen molar-refractivity contribution in [1.29, 1.82) is 0 Å². The van der Waals surface area contributed by atoms with Gasteiger partial charge in [0.25, 0.3) is 0 Å². The van der Waals surface area contributed by atoms with Crippen LogP contribution in [0.1, 0.15) is 355 Å². The quantitative estimate of drug-likeness (QED) is 0.0261. The minimum absolute atomic E-state index is 0.0757. The van der Waals surface area contributed by atoms with Gasteiger partial charge in [0.05, 0.1) is 0 Å². The molecule has 0 saturated heterocycles. The molecular formula is C75H132O6. The number of allylic oxidation sites excluding steroid dienone is 14. The molecule has 0 N–H and O–H groups in total. The Balaban J connectivity index is 4.33. The van der Waals surface area contributed by atoms with Gasteiger partial charge in [0.2, 0.25) is 0 Å². The lowest BCUT2D eigenvalue weighted by Gasteiger charge is -2.18. The molecule has 0 aliphatic heterocycles. The van der Waals surface area contributed by atoms with Crippen LogP contribution in [0.25, 0.3) is 0 Å².